The lowest BCUT2D eigenvalue weighted by atomic mass is 9.93. The Kier molecular flexibility index (Phi) is 3.96. The SMILES string of the molecule is CNC1CCc2cc(OCCC(C)(C)C)ccc21. The molecule has 2 heteroatoms. The van der Waals surface area contributed by atoms with Gasteiger partial charge in [0.2, 0.25) is 0 Å². The van der Waals surface area contributed by atoms with Crippen LogP contribution in [-0.4, -0.2) is 13.7 Å². The molecule has 2 nitrogen and oxygen atoms in total. The van der Waals surface area contributed by atoms with E-state index >= 15 is 0 Å². The van der Waals surface area contributed by atoms with Gasteiger partial charge in [-0.15, -0.1) is 0 Å². The Bertz CT molecular complexity index is 406. The van der Waals surface area contributed by atoms with Crippen molar-refractivity contribution in [2.45, 2.75) is 46.1 Å². The lowest BCUT2D eigenvalue weighted by Crippen LogP contribution is -2.13. The molecule has 2 rings (SSSR count). The molecule has 1 N–H and O–H groups in total. The van der Waals surface area contributed by atoms with Crippen molar-refractivity contribution in [2.24, 2.45) is 5.41 Å². The van der Waals surface area contributed by atoms with E-state index in [9.17, 15) is 0 Å². The number of aryl methyl sites for hydroxylation is 1. The highest BCUT2D eigenvalue weighted by Crippen LogP contribution is 2.33. The number of benzene rings is 1. The maximum Gasteiger partial charge on any atom is 0.119 e. The zero-order valence-electron chi connectivity index (χ0n) is 12.0. The molecule has 0 fully saturated rings. The number of nitrogens with one attached hydrogen (secondary N) is 1. The van der Waals surface area contributed by atoms with E-state index < -0.39 is 0 Å². The van der Waals surface area contributed by atoms with Crippen molar-refractivity contribution in [3.63, 3.8) is 0 Å². The minimum absolute atomic E-state index is 0.341. The van der Waals surface area contributed by atoms with Crippen LogP contribution in [0.5, 0.6) is 5.75 Å². The third kappa shape index (κ3) is 3.26. The standard InChI is InChI=1S/C16H25NO/c1-16(2,3)9-10-18-13-6-7-14-12(11-13)5-8-15(14)17-4/h6-7,11,15,17H,5,8-10H2,1-4H3. The molecule has 0 radical (unpaired) electrons. The fourth-order valence-electron chi connectivity index (χ4n) is 2.46. The van der Waals surface area contributed by atoms with Crippen molar-refractivity contribution in [1.29, 1.82) is 0 Å². The van der Waals surface area contributed by atoms with E-state index in [4.69, 9.17) is 4.74 Å². The lowest BCUT2D eigenvalue weighted by molar-refractivity contribution is 0.243. The van der Waals surface area contributed by atoms with Crippen LogP contribution in [0.25, 0.3) is 0 Å². The van der Waals surface area contributed by atoms with Crippen molar-refractivity contribution in [1.82, 2.24) is 5.32 Å². The molecule has 1 atom stereocenters. The van der Waals surface area contributed by atoms with Gasteiger partial charge in [-0.3, -0.25) is 0 Å². The van der Waals surface area contributed by atoms with E-state index in [1.165, 1.54) is 17.5 Å². The first-order valence-electron chi connectivity index (χ1n) is 6.92. The molecule has 0 spiro atoms. The van der Waals surface area contributed by atoms with Gasteiger partial charge in [-0.1, -0.05) is 26.8 Å². The van der Waals surface area contributed by atoms with Gasteiger partial charge >= 0.3 is 0 Å². The monoisotopic (exact) mass is 247 g/mol. The van der Waals surface area contributed by atoms with Gasteiger partial charge in [-0.05, 0) is 55.0 Å². The van der Waals surface area contributed by atoms with E-state index in [0.29, 0.717) is 11.5 Å². The van der Waals surface area contributed by atoms with Crippen LogP contribution in [0.4, 0.5) is 0 Å². The Labute approximate surface area is 111 Å². The molecule has 0 saturated carbocycles. The van der Waals surface area contributed by atoms with Crippen molar-refractivity contribution in [2.75, 3.05) is 13.7 Å². The largest absolute Gasteiger partial charge is 0.494 e. The molecule has 1 aromatic rings. The van der Waals surface area contributed by atoms with Crippen LogP contribution in [0.1, 0.15) is 50.8 Å². The normalized spacial score (nSPS) is 18.8. The topological polar surface area (TPSA) is 21.3 Å². The van der Waals surface area contributed by atoms with Gasteiger partial charge in [0, 0.05) is 6.04 Å². The Morgan fingerprint density at radius 2 is 2.11 bits per heavy atom. The highest BCUT2D eigenvalue weighted by atomic mass is 16.5. The van der Waals surface area contributed by atoms with Crippen molar-refractivity contribution < 1.29 is 4.74 Å². The fraction of sp³-hybridized carbons (Fsp3) is 0.625. The lowest BCUT2D eigenvalue weighted by Gasteiger charge is -2.18. The van der Waals surface area contributed by atoms with E-state index in [2.05, 4.69) is 44.3 Å². The summed E-state index contributed by atoms with van der Waals surface area (Å²) in [7, 11) is 2.04. The average molecular weight is 247 g/mol. The Morgan fingerprint density at radius 3 is 2.78 bits per heavy atom. The van der Waals surface area contributed by atoms with Crippen LogP contribution in [0.15, 0.2) is 18.2 Å². The molecule has 0 saturated heterocycles. The van der Waals surface area contributed by atoms with Crippen LogP contribution in [-0.2, 0) is 6.42 Å². The summed E-state index contributed by atoms with van der Waals surface area (Å²) in [4.78, 5) is 0. The number of rotatable bonds is 4. The zero-order valence-corrected chi connectivity index (χ0v) is 12.0. The van der Waals surface area contributed by atoms with Crippen LogP contribution >= 0.6 is 0 Å². The van der Waals surface area contributed by atoms with Gasteiger partial charge in [0.05, 0.1) is 6.61 Å². The molecule has 0 aliphatic heterocycles. The molecule has 0 amide bonds. The summed E-state index contributed by atoms with van der Waals surface area (Å²) < 4.78 is 5.86. The summed E-state index contributed by atoms with van der Waals surface area (Å²) in [5.41, 5.74) is 3.23. The third-order valence-corrected chi connectivity index (χ3v) is 3.66. The molecular weight excluding hydrogens is 222 g/mol. The summed E-state index contributed by atoms with van der Waals surface area (Å²) in [6.07, 6.45) is 3.46. The van der Waals surface area contributed by atoms with E-state index in [1.807, 2.05) is 7.05 Å². The molecule has 1 unspecified atom stereocenters. The predicted octanol–water partition coefficient (Wildman–Crippen LogP) is 3.71. The van der Waals surface area contributed by atoms with Gasteiger partial charge in [-0.2, -0.15) is 0 Å². The first kappa shape index (κ1) is 13.4. The predicted molar refractivity (Wildman–Crippen MR) is 76.1 cm³/mol. The van der Waals surface area contributed by atoms with Crippen LogP contribution < -0.4 is 10.1 Å². The van der Waals surface area contributed by atoms with Gasteiger partial charge in [0.1, 0.15) is 5.75 Å². The zero-order chi connectivity index (χ0) is 13.2. The molecular formula is C16H25NO. The molecule has 0 aromatic heterocycles. The fourth-order valence-corrected chi connectivity index (χ4v) is 2.46. The van der Waals surface area contributed by atoms with Crippen LogP contribution in [0.2, 0.25) is 0 Å². The quantitative estimate of drug-likeness (QED) is 0.875. The summed E-state index contributed by atoms with van der Waals surface area (Å²) in [6, 6.07) is 7.08. The van der Waals surface area contributed by atoms with Crippen molar-refractivity contribution in [3.05, 3.63) is 29.3 Å². The maximum atomic E-state index is 5.86. The summed E-state index contributed by atoms with van der Waals surface area (Å²) in [5, 5.41) is 3.36. The van der Waals surface area contributed by atoms with Crippen LogP contribution in [0, 0.1) is 5.41 Å². The highest BCUT2D eigenvalue weighted by molar-refractivity contribution is 5.40. The van der Waals surface area contributed by atoms with Crippen molar-refractivity contribution >= 4 is 0 Å². The number of fused-ring (bicyclic) bond motifs is 1. The second kappa shape index (κ2) is 5.31. The summed E-state index contributed by atoms with van der Waals surface area (Å²) in [6.45, 7) is 7.54. The van der Waals surface area contributed by atoms with E-state index in [1.54, 1.807) is 0 Å². The van der Waals surface area contributed by atoms with Gasteiger partial charge in [0.15, 0.2) is 0 Å². The maximum absolute atomic E-state index is 5.86. The second-order valence-corrected chi connectivity index (χ2v) is 6.40. The third-order valence-electron chi connectivity index (χ3n) is 3.66. The molecule has 1 aliphatic carbocycles. The highest BCUT2D eigenvalue weighted by Gasteiger charge is 2.21. The Morgan fingerprint density at radius 1 is 1.33 bits per heavy atom. The molecule has 100 valence electrons. The van der Waals surface area contributed by atoms with Gasteiger partial charge in [-0.25, -0.2) is 0 Å². The number of hydrogen-bond donors (Lipinski definition) is 1. The molecule has 0 bridgehead atoms. The number of ether oxygens (including phenoxy) is 1. The first-order valence-corrected chi connectivity index (χ1v) is 6.92. The number of hydrogen-bond acceptors (Lipinski definition) is 2. The Balaban J connectivity index is 1.96. The summed E-state index contributed by atoms with van der Waals surface area (Å²) in [5.74, 6) is 1.02. The summed E-state index contributed by atoms with van der Waals surface area (Å²) >= 11 is 0. The molecule has 1 aromatic carbocycles. The smallest absolute Gasteiger partial charge is 0.119 e. The first-order chi connectivity index (χ1) is 8.49. The Hall–Kier alpha value is -1.02. The second-order valence-electron chi connectivity index (χ2n) is 6.40. The van der Waals surface area contributed by atoms with Crippen molar-refractivity contribution in [3.8, 4) is 5.75 Å². The van der Waals surface area contributed by atoms with E-state index in [-0.39, 0.29) is 0 Å². The van der Waals surface area contributed by atoms with E-state index in [0.717, 1.165) is 25.2 Å². The van der Waals surface area contributed by atoms with Crippen LogP contribution in [0.3, 0.4) is 0 Å². The minimum atomic E-state index is 0.341. The molecule has 0 heterocycles. The molecule has 1 aliphatic rings. The molecule has 18 heavy (non-hydrogen) atoms. The van der Waals surface area contributed by atoms with Gasteiger partial charge < -0.3 is 10.1 Å². The average Bonchev–Trinajstić information content (AvgIpc) is 2.69. The van der Waals surface area contributed by atoms with Gasteiger partial charge in [0.25, 0.3) is 0 Å². The minimum Gasteiger partial charge on any atom is -0.494 e.